The summed E-state index contributed by atoms with van der Waals surface area (Å²) in [6.07, 6.45) is 1.09. The molecule has 0 aromatic heterocycles. The standard InChI is InChI=1S/C17H25BrN2O5S/c1-12-9-13(18)10-15(25-3)16(12)19-17(21)20(6-4-7-24-2)14-5-8-26(22,23)11-14/h9-10,14H,4-8,11H2,1-3H3,(H,19,21). The van der Waals surface area contributed by atoms with E-state index in [9.17, 15) is 13.2 Å². The van der Waals surface area contributed by atoms with Crippen LogP contribution in [0, 0.1) is 6.92 Å². The van der Waals surface area contributed by atoms with Gasteiger partial charge in [0.1, 0.15) is 5.75 Å². The van der Waals surface area contributed by atoms with Crippen LogP contribution in [0.2, 0.25) is 0 Å². The van der Waals surface area contributed by atoms with Gasteiger partial charge in [0.15, 0.2) is 9.84 Å². The lowest BCUT2D eigenvalue weighted by atomic mass is 10.2. The van der Waals surface area contributed by atoms with Crippen molar-refractivity contribution in [2.45, 2.75) is 25.8 Å². The maximum atomic E-state index is 12.9. The van der Waals surface area contributed by atoms with Gasteiger partial charge in [0, 0.05) is 30.8 Å². The van der Waals surface area contributed by atoms with Crippen molar-refractivity contribution in [1.82, 2.24) is 4.90 Å². The topological polar surface area (TPSA) is 84.9 Å². The highest BCUT2D eigenvalue weighted by atomic mass is 79.9. The van der Waals surface area contributed by atoms with Gasteiger partial charge in [-0.15, -0.1) is 0 Å². The number of anilines is 1. The van der Waals surface area contributed by atoms with Crippen LogP contribution in [0.3, 0.4) is 0 Å². The number of ether oxygens (including phenoxy) is 2. The van der Waals surface area contributed by atoms with E-state index in [1.54, 1.807) is 18.1 Å². The van der Waals surface area contributed by atoms with Gasteiger partial charge in [-0.1, -0.05) is 15.9 Å². The molecule has 1 heterocycles. The fourth-order valence-corrected chi connectivity index (χ4v) is 5.34. The van der Waals surface area contributed by atoms with Crippen molar-refractivity contribution in [1.29, 1.82) is 0 Å². The highest BCUT2D eigenvalue weighted by Crippen LogP contribution is 2.32. The van der Waals surface area contributed by atoms with Crippen LogP contribution in [-0.2, 0) is 14.6 Å². The van der Waals surface area contributed by atoms with Crippen molar-refractivity contribution in [2.75, 3.05) is 44.2 Å². The Bertz CT molecular complexity index is 754. The highest BCUT2D eigenvalue weighted by molar-refractivity contribution is 9.10. The number of urea groups is 1. The van der Waals surface area contributed by atoms with Crippen molar-refractivity contribution in [3.05, 3.63) is 22.2 Å². The van der Waals surface area contributed by atoms with E-state index in [0.29, 0.717) is 37.4 Å². The molecule has 2 amide bonds. The largest absolute Gasteiger partial charge is 0.495 e. The van der Waals surface area contributed by atoms with Crippen molar-refractivity contribution >= 4 is 37.5 Å². The number of methoxy groups -OCH3 is 2. The molecule has 2 rings (SSSR count). The summed E-state index contributed by atoms with van der Waals surface area (Å²) < 4.78 is 35.0. The summed E-state index contributed by atoms with van der Waals surface area (Å²) in [5.41, 5.74) is 1.43. The number of nitrogens with zero attached hydrogens (tertiary/aromatic N) is 1. The van der Waals surface area contributed by atoms with E-state index in [4.69, 9.17) is 9.47 Å². The van der Waals surface area contributed by atoms with Gasteiger partial charge in [0.25, 0.3) is 0 Å². The maximum absolute atomic E-state index is 12.9. The van der Waals surface area contributed by atoms with E-state index in [2.05, 4.69) is 21.2 Å². The summed E-state index contributed by atoms with van der Waals surface area (Å²) in [6, 6.07) is 3.01. The van der Waals surface area contributed by atoms with Crippen LogP contribution in [0.5, 0.6) is 5.75 Å². The van der Waals surface area contributed by atoms with E-state index >= 15 is 0 Å². The normalized spacial score (nSPS) is 18.5. The number of halogens is 1. The molecule has 146 valence electrons. The van der Waals surface area contributed by atoms with Gasteiger partial charge in [0.05, 0.1) is 24.3 Å². The number of hydrogen-bond donors (Lipinski definition) is 1. The predicted molar refractivity (Wildman–Crippen MR) is 105 cm³/mol. The van der Waals surface area contributed by atoms with E-state index in [0.717, 1.165) is 10.0 Å². The van der Waals surface area contributed by atoms with Gasteiger partial charge >= 0.3 is 6.03 Å². The number of rotatable bonds is 7. The molecule has 1 N–H and O–H groups in total. The molecule has 1 aromatic carbocycles. The van der Waals surface area contributed by atoms with Crippen molar-refractivity contribution in [3.8, 4) is 5.75 Å². The first-order valence-corrected chi connectivity index (χ1v) is 11.0. The van der Waals surface area contributed by atoms with Crippen molar-refractivity contribution in [3.63, 3.8) is 0 Å². The van der Waals surface area contributed by atoms with E-state index in [1.165, 1.54) is 7.11 Å². The Morgan fingerprint density at radius 2 is 2.12 bits per heavy atom. The predicted octanol–water partition coefficient (Wildman–Crippen LogP) is 2.82. The third-order valence-corrected chi connectivity index (χ3v) is 6.58. The zero-order chi connectivity index (χ0) is 19.3. The molecule has 1 aliphatic heterocycles. The molecular formula is C17H25BrN2O5S. The minimum atomic E-state index is -3.09. The molecule has 1 fully saturated rings. The molecule has 0 bridgehead atoms. The molecule has 1 atom stereocenters. The molecule has 7 nitrogen and oxygen atoms in total. The number of carbonyl (C=O) groups is 1. The fourth-order valence-electron chi connectivity index (χ4n) is 3.06. The first-order chi connectivity index (χ1) is 12.3. The number of nitrogens with one attached hydrogen (secondary N) is 1. The monoisotopic (exact) mass is 448 g/mol. The SMILES string of the molecule is COCCCN(C(=O)Nc1c(C)cc(Br)cc1OC)C1CCS(=O)(=O)C1. The van der Waals surface area contributed by atoms with Gasteiger partial charge in [0.2, 0.25) is 0 Å². The summed E-state index contributed by atoms with van der Waals surface area (Å²) in [6.45, 7) is 2.81. The van der Waals surface area contributed by atoms with Gasteiger partial charge in [-0.3, -0.25) is 0 Å². The smallest absolute Gasteiger partial charge is 0.322 e. The molecule has 0 aliphatic carbocycles. The second-order valence-electron chi connectivity index (χ2n) is 6.33. The van der Waals surface area contributed by atoms with Crippen LogP contribution in [-0.4, -0.2) is 64.3 Å². The summed E-state index contributed by atoms with van der Waals surface area (Å²) in [5.74, 6) is 0.664. The molecule has 0 radical (unpaired) electrons. The Kier molecular flexibility index (Phi) is 7.31. The lowest BCUT2D eigenvalue weighted by molar-refractivity contribution is 0.162. The van der Waals surface area contributed by atoms with Gasteiger partial charge in [-0.2, -0.15) is 0 Å². The first-order valence-electron chi connectivity index (χ1n) is 8.38. The van der Waals surface area contributed by atoms with Crippen molar-refractivity contribution < 1.29 is 22.7 Å². The van der Waals surface area contributed by atoms with Crippen LogP contribution < -0.4 is 10.1 Å². The number of carbonyl (C=O) groups excluding carboxylic acids is 1. The quantitative estimate of drug-likeness (QED) is 0.648. The van der Waals surface area contributed by atoms with Crippen LogP contribution in [0.25, 0.3) is 0 Å². The number of aryl methyl sites for hydroxylation is 1. The van der Waals surface area contributed by atoms with Crippen LogP contribution >= 0.6 is 15.9 Å². The fraction of sp³-hybridized carbons (Fsp3) is 0.588. The summed E-state index contributed by atoms with van der Waals surface area (Å²) in [7, 11) is 0.0483. The minimum Gasteiger partial charge on any atom is -0.495 e. The molecule has 1 unspecified atom stereocenters. The molecule has 9 heteroatoms. The molecule has 26 heavy (non-hydrogen) atoms. The second kappa shape index (κ2) is 9.05. The average molecular weight is 449 g/mol. The number of hydrogen-bond acceptors (Lipinski definition) is 5. The zero-order valence-electron chi connectivity index (χ0n) is 15.2. The van der Waals surface area contributed by atoms with Crippen LogP contribution in [0.4, 0.5) is 10.5 Å². The van der Waals surface area contributed by atoms with Crippen molar-refractivity contribution in [2.24, 2.45) is 0 Å². The lowest BCUT2D eigenvalue weighted by Crippen LogP contribution is -2.44. The van der Waals surface area contributed by atoms with Crippen LogP contribution in [0.1, 0.15) is 18.4 Å². The second-order valence-corrected chi connectivity index (χ2v) is 9.47. The zero-order valence-corrected chi connectivity index (χ0v) is 17.7. The third kappa shape index (κ3) is 5.34. The molecule has 1 aliphatic rings. The number of amides is 2. The first kappa shape index (κ1) is 21.0. The number of benzene rings is 1. The van der Waals surface area contributed by atoms with Gasteiger partial charge in [-0.05, 0) is 37.5 Å². The van der Waals surface area contributed by atoms with Gasteiger partial charge in [-0.25, -0.2) is 13.2 Å². The lowest BCUT2D eigenvalue weighted by Gasteiger charge is -2.29. The average Bonchev–Trinajstić information content (AvgIpc) is 2.93. The van der Waals surface area contributed by atoms with Crippen LogP contribution in [0.15, 0.2) is 16.6 Å². The Morgan fingerprint density at radius 3 is 2.69 bits per heavy atom. The molecule has 1 aromatic rings. The highest BCUT2D eigenvalue weighted by Gasteiger charge is 2.34. The molecule has 0 saturated carbocycles. The Morgan fingerprint density at radius 1 is 1.38 bits per heavy atom. The Labute approximate surface area is 163 Å². The molecule has 1 saturated heterocycles. The summed E-state index contributed by atoms with van der Waals surface area (Å²) in [4.78, 5) is 14.5. The van der Waals surface area contributed by atoms with E-state index in [-0.39, 0.29) is 23.6 Å². The maximum Gasteiger partial charge on any atom is 0.322 e. The molecular weight excluding hydrogens is 424 g/mol. The van der Waals surface area contributed by atoms with E-state index < -0.39 is 9.84 Å². The summed E-state index contributed by atoms with van der Waals surface area (Å²) in [5, 5.41) is 2.89. The van der Waals surface area contributed by atoms with E-state index in [1.807, 2.05) is 13.0 Å². The number of sulfone groups is 1. The third-order valence-electron chi connectivity index (χ3n) is 4.37. The Balaban J connectivity index is 2.21. The minimum absolute atomic E-state index is 0.00383. The van der Waals surface area contributed by atoms with Gasteiger partial charge < -0.3 is 19.7 Å². The molecule has 0 spiro atoms. The summed E-state index contributed by atoms with van der Waals surface area (Å²) >= 11 is 3.41. The Hall–Kier alpha value is -1.32.